The maximum atomic E-state index is 12.7. The van der Waals surface area contributed by atoms with Crippen molar-refractivity contribution in [2.24, 2.45) is 0 Å². The Kier molecular flexibility index (Phi) is 3.59. The van der Waals surface area contributed by atoms with Crippen LogP contribution in [0.5, 0.6) is 0 Å². The third-order valence-corrected chi connectivity index (χ3v) is 4.77. The molecule has 0 spiro atoms. The van der Waals surface area contributed by atoms with Crippen LogP contribution in [0, 0.1) is 0 Å². The van der Waals surface area contributed by atoms with E-state index in [1.807, 2.05) is 0 Å². The van der Waals surface area contributed by atoms with E-state index in [1.165, 1.54) is 29.1 Å². The van der Waals surface area contributed by atoms with Crippen molar-refractivity contribution >= 4 is 28.2 Å². The zero-order chi connectivity index (χ0) is 17.7. The third-order valence-electron chi connectivity index (χ3n) is 4.77. The van der Waals surface area contributed by atoms with Crippen LogP contribution in [0.25, 0.3) is 22.2 Å². The Morgan fingerprint density at radius 3 is 2.84 bits per heavy atom. The summed E-state index contributed by atoms with van der Waals surface area (Å²) in [5.74, 6) is -0.228. The first-order valence-electron chi connectivity index (χ1n) is 8.41. The molecule has 0 bridgehead atoms. The molecule has 3 aromatic heterocycles. The van der Waals surface area contributed by atoms with E-state index in [-0.39, 0.29) is 18.0 Å². The van der Waals surface area contributed by atoms with Gasteiger partial charge < -0.3 is 9.15 Å². The summed E-state index contributed by atoms with van der Waals surface area (Å²) in [6.45, 7) is 4.02. The van der Waals surface area contributed by atoms with Crippen LogP contribution in [0.4, 0.5) is 0 Å². The molecule has 0 unspecified atom stereocenters. The van der Waals surface area contributed by atoms with Gasteiger partial charge in [-0.05, 0) is 36.3 Å². The molecule has 0 radical (unpaired) electrons. The lowest BCUT2D eigenvalue weighted by atomic mass is 9.99. The van der Waals surface area contributed by atoms with E-state index >= 15 is 0 Å². The topological polar surface area (TPSA) is 87.2 Å². The number of rotatable bonds is 3. The number of carbonyl (C=O) groups is 1. The van der Waals surface area contributed by atoms with Crippen molar-refractivity contribution in [3.8, 4) is 0 Å². The minimum Gasteiger partial charge on any atom is -0.468 e. The van der Waals surface area contributed by atoms with Gasteiger partial charge in [-0.1, -0.05) is 13.8 Å². The van der Waals surface area contributed by atoms with E-state index in [9.17, 15) is 9.59 Å². The fourth-order valence-electron chi connectivity index (χ4n) is 3.61. The average molecular weight is 341 g/mol. The second-order valence-corrected chi connectivity index (χ2v) is 6.68. The largest absolute Gasteiger partial charge is 0.468 e. The molecule has 0 aromatic carbocycles. The molecule has 0 saturated carbocycles. The molecule has 7 heteroatoms. The number of ether oxygens (including phenoxy) is 1. The smallest absolute Gasteiger partial charge is 0.325 e. The predicted molar refractivity (Wildman–Crippen MR) is 91.7 cm³/mol. The van der Waals surface area contributed by atoms with Crippen molar-refractivity contribution in [2.45, 2.75) is 45.6 Å². The number of furan rings is 1. The summed E-state index contributed by atoms with van der Waals surface area (Å²) in [5, 5.41) is 0.842. The van der Waals surface area contributed by atoms with Crippen LogP contribution in [0.1, 0.15) is 43.0 Å². The lowest BCUT2D eigenvalue weighted by Gasteiger charge is -2.11. The van der Waals surface area contributed by atoms with E-state index < -0.39 is 11.5 Å². The Balaban J connectivity index is 2.01. The second kappa shape index (κ2) is 5.68. The number of carbonyl (C=O) groups excluding carboxylic acids is 1. The SMILES string of the molecule is COC(=O)Cn1cnc2c(oc3nc(C(C)C)c4c(c32)CCC4)c1=O. The average Bonchev–Trinajstić information content (AvgIpc) is 3.20. The number of aryl methyl sites for hydroxylation is 1. The third kappa shape index (κ3) is 2.33. The summed E-state index contributed by atoms with van der Waals surface area (Å²) in [4.78, 5) is 33.2. The Labute approximate surface area is 143 Å². The number of nitrogens with zero attached hydrogens (tertiary/aromatic N) is 3. The molecule has 0 saturated heterocycles. The number of esters is 1. The van der Waals surface area contributed by atoms with Gasteiger partial charge in [0, 0.05) is 0 Å². The van der Waals surface area contributed by atoms with Gasteiger partial charge >= 0.3 is 5.97 Å². The normalized spacial score (nSPS) is 13.8. The fraction of sp³-hybridized carbons (Fsp3) is 0.444. The Hall–Kier alpha value is -2.70. The van der Waals surface area contributed by atoms with Crippen LogP contribution in [-0.2, 0) is 28.9 Å². The lowest BCUT2D eigenvalue weighted by molar-refractivity contribution is -0.141. The number of fused-ring (bicyclic) bond motifs is 5. The standard InChI is InChI=1S/C18H19N3O4/c1-9(2)14-11-6-4-5-10(11)13-15-16(25-17(13)20-14)18(23)21(8-19-15)7-12(22)24-3/h8-9H,4-7H2,1-3H3. The summed E-state index contributed by atoms with van der Waals surface area (Å²) in [6, 6.07) is 0. The van der Waals surface area contributed by atoms with E-state index in [2.05, 4.69) is 28.6 Å². The molecule has 0 N–H and O–H groups in total. The van der Waals surface area contributed by atoms with Gasteiger partial charge in [0.15, 0.2) is 0 Å². The van der Waals surface area contributed by atoms with Crippen LogP contribution in [0.3, 0.4) is 0 Å². The number of hydrogen-bond donors (Lipinski definition) is 0. The molecule has 1 aliphatic rings. The number of aromatic nitrogens is 3. The molecule has 1 aliphatic carbocycles. The Morgan fingerprint density at radius 1 is 1.36 bits per heavy atom. The van der Waals surface area contributed by atoms with Crippen LogP contribution in [0.2, 0.25) is 0 Å². The van der Waals surface area contributed by atoms with E-state index in [0.717, 1.165) is 30.3 Å². The van der Waals surface area contributed by atoms with E-state index in [0.29, 0.717) is 11.2 Å². The van der Waals surface area contributed by atoms with Gasteiger partial charge in [-0.2, -0.15) is 0 Å². The molecule has 7 nitrogen and oxygen atoms in total. The highest BCUT2D eigenvalue weighted by molar-refractivity contribution is 6.03. The van der Waals surface area contributed by atoms with Crippen LogP contribution in [-0.4, -0.2) is 27.6 Å². The van der Waals surface area contributed by atoms with Gasteiger partial charge in [-0.3, -0.25) is 14.2 Å². The summed E-state index contributed by atoms with van der Waals surface area (Å²) in [6.07, 6.45) is 4.38. The molecule has 3 heterocycles. The quantitative estimate of drug-likeness (QED) is 0.680. The second-order valence-electron chi connectivity index (χ2n) is 6.68. The first kappa shape index (κ1) is 15.8. The molecule has 130 valence electrons. The van der Waals surface area contributed by atoms with Gasteiger partial charge in [-0.15, -0.1) is 0 Å². The molecule has 0 aliphatic heterocycles. The molecule has 0 fully saturated rings. The highest BCUT2D eigenvalue weighted by Crippen LogP contribution is 2.37. The highest BCUT2D eigenvalue weighted by Gasteiger charge is 2.26. The van der Waals surface area contributed by atoms with Gasteiger partial charge in [-0.25, -0.2) is 9.97 Å². The van der Waals surface area contributed by atoms with Crippen molar-refractivity contribution in [1.82, 2.24) is 14.5 Å². The first-order chi connectivity index (χ1) is 12.0. The van der Waals surface area contributed by atoms with E-state index in [1.54, 1.807) is 0 Å². The maximum absolute atomic E-state index is 12.7. The van der Waals surface area contributed by atoms with Crippen molar-refractivity contribution in [2.75, 3.05) is 7.11 Å². The molecular formula is C18H19N3O4. The van der Waals surface area contributed by atoms with Crippen molar-refractivity contribution in [3.63, 3.8) is 0 Å². The summed E-state index contributed by atoms with van der Waals surface area (Å²) in [7, 11) is 1.28. The zero-order valence-electron chi connectivity index (χ0n) is 14.5. The summed E-state index contributed by atoms with van der Waals surface area (Å²) in [5.41, 5.74) is 4.24. The van der Waals surface area contributed by atoms with Crippen LogP contribution in [0.15, 0.2) is 15.5 Å². The predicted octanol–water partition coefficient (Wildman–Crippen LogP) is 2.32. The van der Waals surface area contributed by atoms with Crippen molar-refractivity contribution in [3.05, 3.63) is 33.5 Å². The van der Waals surface area contributed by atoms with Crippen molar-refractivity contribution < 1.29 is 13.9 Å². The lowest BCUT2D eigenvalue weighted by Crippen LogP contribution is -2.24. The number of hydrogen-bond acceptors (Lipinski definition) is 6. The number of pyridine rings is 1. The minimum absolute atomic E-state index is 0.143. The first-order valence-corrected chi connectivity index (χ1v) is 8.41. The van der Waals surface area contributed by atoms with Gasteiger partial charge in [0.1, 0.15) is 12.1 Å². The Bertz CT molecular complexity index is 1060. The molecular weight excluding hydrogens is 322 g/mol. The van der Waals surface area contributed by atoms with Crippen LogP contribution >= 0.6 is 0 Å². The fourth-order valence-corrected chi connectivity index (χ4v) is 3.61. The van der Waals surface area contributed by atoms with E-state index in [4.69, 9.17) is 4.42 Å². The highest BCUT2D eigenvalue weighted by atomic mass is 16.5. The molecule has 0 atom stereocenters. The summed E-state index contributed by atoms with van der Waals surface area (Å²) < 4.78 is 11.6. The number of methoxy groups -OCH3 is 1. The van der Waals surface area contributed by atoms with Gasteiger partial charge in [0.05, 0.1) is 24.5 Å². The zero-order valence-corrected chi connectivity index (χ0v) is 14.5. The maximum Gasteiger partial charge on any atom is 0.325 e. The van der Waals surface area contributed by atoms with Gasteiger partial charge in [0.25, 0.3) is 5.56 Å². The van der Waals surface area contributed by atoms with Crippen LogP contribution < -0.4 is 5.56 Å². The van der Waals surface area contributed by atoms with Crippen molar-refractivity contribution in [1.29, 1.82) is 0 Å². The minimum atomic E-state index is -0.513. The molecule has 25 heavy (non-hydrogen) atoms. The molecule has 0 amide bonds. The Morgan fingerprint density at radius 2 is 2.12 bits per heavy atom. The molecule has 4 rings (SSSR count). The summed E-state index contributed by atoms with van der Waals surface area (Å²) >= 11 is 0. The monoisotopic (exact) mass is 341 g/mol. The molecule has 3 aromatic rings. The van der Waals surface area contributed by atoms with Gasteiger partial charge in [0.2, 0.25) is 11.3 Å².